The lowest BCUT2D eigenvalue weighted by atomic mass is 9.98. The zero-order valence-electron chi connectivity index (χ0n) is 16.0. The largest absolute Gasteiger partial charge is 0.339 e. The third-order valence-electron chi connectivity index (χ3n) is 5.94. The van der Waals surface area contributed by atoms with Gasteiger partial charge < -0.3 is 4.90 Å². The first-order chi connectivity index (χ1) is 13.8. The number of aromatic nitrogens is 1. The number of piperidine rings is 1. The Labute approximate surface area is 165 Å². The monoisotopic (exact) mass is 368 g/mol. The van der Waals surface area contributed by atoms with Crippen LogP contribution in [0.1, 0.15) is 52.9 Å². The Hall–Kier alpha value is -2.94. The molecule has 1 saturated heterocycles. The van der Waals surface area contributed by atoms with Crippen molar-refractivity contribution < 1.29 is 4.79 Å². The van der Waals surface area contributed by atoms with Gasteiger partial charge in [0.15, 0.2) is 0 Å². The molecule has 3 aromatic rings. The summed E-state index contributed by atoms with van der Waals surface area (Å²) in [5.74, 6) is 0.190. The second kappa shape index (κ2) is 7.23. The molecule has 2 aromatic carbocycles. The van der Waals surface area contributed by atoms with Gasteiger partial charge in [-0.1, -0.05) is 48.5 Å². The molecule has 1 aliphatic carbocycles. The second-order valence-electron chi connectivity index (χ2n) is 7.76. The second-order valence-corrected chi connectivity index (χ2v) is 7.76. The SMILES string of the molecule is O=C(c1c2c(nc3ccccc13)/C(=C/c1ccccc1)CC2)N1CCCCC1. The van der Waals surface area contributed by atoms with Crippen LogP contribution in [-0.2, 0) is 6.42 Å². The number of amides is 1. The fourth-order valence-corrected chi connectivity index (χ4v) is 4.53. The molecule has 1 aromatic heterocycles. The lowest BCUT2D eigenvalue weighted by molar-refractivity contribution is 0.0725. The van der Waals surface area contributed by atoms with E-state index in [1.165, 1.54) is 17.6 Å². The molecule has 28 heavy (non-hydrogen) atoms. The third-order valence-corrected chi connectivity index (χ3v) is 5.94. The zero-order chi connectivity index (χ0) is 18.9. The molecule has 0 atom stereocenters. The minimum absolute atomic E-state index is 0.190. The zero-order valence-corrected chi connectivity index (χ0v) is 16.0. The third kappa shape index (κ3) is 3.01. The molecule has 2 aliphatic rings. The van der Waals surface area contributed by atoms with Gasteiger partial charge in [0.2, 0.25) is 0 Å². The van der Waals surface area contributed by atoms with E-state index in [2.05, 4.69) is 36.4 Å². The number of carbonyl (C=O) groups is 1. The average molecular weight is 368 g/mol. The minimum atomic E-state index is 0.190. The topological polar surface area (TPSA) is 33.2 Å². The van der Waals surface area contributed by atoms with E-state index < -0.39 is 0 Å². The Kier molecular flexibility index (Phi) is 4.44. The smallest absolute Gasteiger partial charge is 0.254 e. The maximum Gasteiger partial charge on any atom is 0.254 e. The first-order valence-corrected chi connectivity index (χ1v) is 10.3. The summed E-state index contributed by atoms with van der Waals surface area (Å²) in [4.78, 5) is 20.5. The molecule has 1 fully saturated rings. The van der Waals surface area contributed by atoms with Crippen LogP contribution in [-0.4, -0.2) is 28.9 Å². The van der Waals surface area contributed by atoms with Crippen molar-refractivity contribution >= 4 is 28.5 Å². The Morgan fingerprint density at radius 2 is 1.64 bits per heavy atom. The van der Waals surface area contributed by atoms with Crippen LogP contribution in [0.3, 0.4) is 0 Å². The van der Waals surface area contributed by atoms with E-state index in [1.54, 1.807) is 0 Å². The summed E-state index contributed by atoms with van der Waals surface area (Å²) < 4.78 is 0. The van der Waals surface area contributed by atoms with Gasteiger partial charge in [0.1, 0.15) is 0 Å². The first-order valence-electron chi connectivity index (χ1n) is 10.3. The average Bonchev–Trinajstić information content (AvgIpc) is 3.15. The summed E-state index contributed by atoms with van der Waals surface area (Å²) in [6, 6.07) is 18.5. The number of nitrogens with zero attached hydrogens (tertiary/aromatic N) is 2. The highest BCUT2D eigenvalue weighted by molar-refractivity contribution is 6.09. The van der Waals surface area contributed by atoms with Gasteiger partial charge in [-0.05, 0) is 60.9 Å². The quantitative estimate of drug-likeness (QED) is 0.611. The molecule has 3 heteroatoms. The molecule has 0 spiro atoms. The maximum absolute atomic E-state index is 13.5. The van der Waals surface area contributed by atoms with E-state index in [9.17, 15) is 4.79 Å². The van der Waals surface area contributed by atoms with E-state index in [4.69, 9.17) is 4.98 Å². The van der Waals surface area contributed by atoms with Crippen LogP contribution in [0.25, 0.3) is 22.6 Å². The number of allylic oxidation sites excluding steroid dienone is 1. The highest BCUT2D eigenvalue weighted by Crippen LogP contribution is 2.38. The van der Waals surface area contributed by atoms with E-state index >= 15 is 0 Å². The van der Waals surface area contributed by atoms with Crippen molar-refractivity contribution in [1.29, 1.82) is 0 Å². The van der Waals surface area contributed by atoms with Crippen molar-refractivity contribution in [2.75, 3.05) is 13.1 Å². The summed E-state index contributed by atoms with van der Waals surface area (Å²) in [5.41, 5.74) is 6.38. The van der Waals surface area contributed by atoms with Gasteiger partial charge in [-0.2, -0.15) is 0 Å². The van der Waals surface area contributed by atoms with Gasteiger partial charge in [0.05, 0.1) is 16.8 Å². The van der Waals surface area contributed by atoms with Crippen LogP contribution in [0.4, 0.5) is 0 Å². The summed E-state index contributed by atoms with van der Waals surface area (Å²) in [7, 11) is 0. The summed E-state index contributed by atoms with van der Waals surface area (Å²) in [6.07, 6.45) is 7.49. The van der Waals surface area contributed by atoms with E-state index in [1.807, 2.05) is 29.2 Å². The predicted octanol–water partition coefficient (Wildman–Crippen LogP) is 5.35. The number of hydrogen-bond acceptors (Lipinski definition) is 2. The number of benzene rings is 2. The molecule has 0 radical (unpaired) electrons. The molecule has 0 N–H and O–H groups in total. The summed E-state index contributed by atoms with van der Waals surface area (Å²) in [5, 5.41) is 0.998. The van der Waals surface area contributed by atoms with Crippen molar-refractivity contribution in [2.24, 2.45) is 0 Å². The lowest BCUT2D eigenvalue weighted by Crippen LogP contribution is -2.36. The first kappa shape index (κ1) is 17.2. The number of hydrogen-bond donors (Lipinski definition) is 0. The van der Waals surface area contributed by atoms with Crippen molar-refractivity contribution in [1.82, 2.24) is 9.88 Å². The van der Waals surface area contributed by atoms with E-state index in [0.29, 0.717) is 0 Å². The standard InChI is InChI=1S/C25H24N2O/c28-25(27-15-7-2-8-16-27)23-20-11-5-6-12-22(20)26-24-19(13-14-21(23)24)17-18-9-3-1-4-10-18/h1,3-6,9-12,17H,2,7-8,13-16H2/b19-17+. The Morgan fingerprint density at radius 3 is 2.46 bits per heavy atom. The molecule has 3 nitrogen and oxygen atoms in total. The van der Waals surface area contributed by atoms with Crippen molar-refractivity contribution in [3.05, 3.63) is 77.0 Å². The fourth-order valence-electron chi connectivity index (χ4n) is 4.53. The molecule has 0 saturated carbocycles. The molecule has 0 bridgehead atoms. The number of rotatable bonds is 2. The van der Waals surface area contributed by atoms with Crippen LogP contribution >= 0.6 is 0 Å². The molecule has 140 valence electrons. The molecule has 2 heterocycles. The molecule has 0 unspecified atom stereocenters. The Morgan fingerprint density at radius 1 is 0.893 bits per heavy atom. The number of carbonyl (C=O) groups excluding carboxylic acids is 1. The van der Waals surface area contributed by atoms with Crippen molar-refractivity contribution in [3.63, 3.8) is 0 Å². The predicted molar refractivity (Wildman–Crippen MR) is 114 cm³/mol. The van der Waals surface area contributed by atoms with Gasteiger partial charge in [-0.25, -0.2) is 4.98 Å². The van der Waals surface area contributed by atoms with Crippen LogP contribution in [0.5, 0.6) is 0 Å². The lowest BCUT2D eigenvalue weighted by Gasteiger charge is -2.28. The number of pyridine rings is 1. The summed E-state index contributed by atoms with van der Waals surface area (Å²) in [6.45, 7) is 1.74. The number of likely N-dealkylation sites (tertiary alicyclic amines) is 1. The minimum Gasteiger partial charge on any atom is -0.339 e. The molecule has 1 amide bonds. The Balaban J connectivity index is 1.66. The molecular formula is C25H24N2O. The maximum atomic E-state index is 13.5. The van der Waals surface area contributed by atoms with E-state index in [-0.39, 0.29) is 5.91 Å². The van der Waals surface area contributed by atoms with Gasteiger partial charge >= 0.3 is 0 Å². The van der Waals surface area contributed by atoms with Gasteiger partial charge in [-0.3, -0.25) is 4.79 Å². The number of para-hydroxylation sites is 1. The van der Waals surface area contributed by atoms with Crippen LogP contribution in [0.2, 0.25) is 0 Å². The van der Waals surface area contributed by atoms with Crippen molar-refractivity contribution in [2.45, 2.75) is 32.1 Å². The highest BCUT2D eigenvalue weighted by Gasteiger charge is 2.29. The molecule has 1 aliphatic heterocycles. The Bertz CT molecular complexity index is 1060. The van der Waals surface area contributed by atoms with Gasteiger partial charge in [0.25, 0.3) is 5.91 Å². The molecular weight excluding hydrogens is 344 g/mol. The summed E-state index contributed by atoms with van der Waals surface area (Å²) >= 11 is 0. The van der Waals surface area contributed by atoms with Gasteiger partial charge in [0, 0.05) is 18.5 Å². The normalized spacial score (nSPS) is 17.9. The highest BCUT2D eigenvalue weighted by atomic mass is 16.2. The number of fused-ring (bicyclic) bond motifs is 2. The van der Waals surface area contributed by atoms with Crippen LogP contribution < -0.4 is 0 Å². The van der Waals surface area contributed by atoms with Gasteiger partial charge in [-0.15, -0.1) is 0 Å². The van der Waals surface area contributed by atoms with Crippen LogP contribution in [0.15, 0.2) is 54.6 Å². The fraction of sp³-hybridized carbons (Fsp3) is 0.280. The molecule has 5 rings (SSSR count). The van der Waals surface area contributed by atoms with Crippen LogP contribution in [0, 0.1) is 0 Å². The van der Waals surface area contributed by atoms with Crippen molar-refractivity contribution in [3.8, 4) is 0 Å². The van der Waals surface area contributed by atoms with E-state index in [0.717, 1.165) is 66.5 Å².